The van der Waals surface area contributed by atoms with Crippen molar-refractivity contribution in [1.82, 2.24) is 9.55 Å². The van der Waals surface area contributed by atoms with E-state index in [2.05, 4.69) is 4.98 Å². The topological polar surface area (TPSA) is 17.8 Å². The average Bonchev–Trinajstić information content (AvgIpc) is 2.77. The second kappa shape index (κ2) is 4.83. The highest BCUT2D eigenvalue weighted by molar-refractivity contribution is 6.32. The molecule has 2 nitrogen and oxygen atoms in total. The van der Waals surface area contributed by atoms with E-state index in [1.807, 2.05) is 18.2 Å². The first kappa shape index (κ1) is 12.5. The van der Waals surface area contributed by atoms with Gasteiger partial charge in [0.1, 0.15) is 11.6 Å². The van der Waals surface area contributed by atoms with Gasteiger partial charge in [-0.15, -0.1) is 11.6 Å². The van der Waals surface area contributed by atoms with Crippen LogP contribution < -0.4 is 0 Å². The lowest BCUT2D eigenvalue weighted by molar-refractivity contribution is 0.629. The van der Waals surface area contributed by atoms with E-state index >= 15 is 0 Å². The van der Waals surface area contributed by atoms with E-state index in [0.717, 1.165) is 5.69 Å². The van der Waals surface area contributed by atoms with E-state index in [9.17, 15) is 4.39 Å². The first-order chi connectivity index (χ1) is 9.20. The summed E-state index contributed by atoms with van der Waals surface area (Å²) in [4.78, 5) is 4.40. The normalized spacial score (nSPS) is 11.1. The number of hydrogen-bond acceptors (Lipinski definition) is 1. The van der Waals surface area contributed by atoms with Crippen molar-refractivity contribution in [1.29, 1.82) is 0 Å². The Balaban J connectivity index is 2.38. The molecule has 0 unspecified atom stereocenters. The molecule has 0 spiro atoms. The zero-order chi connectivity index (χ0) is 13.4. The van der Waals surface area contributed by atoms with Gasteiger partial charge in [0.15, 0.2) is 0 Å². The van der Waals surface area contributed by atoms with Crippen LogP contribution in [-0.2, 0) is 5.88 Å². The molecule has 5 heteroatoms. The van der Waals surface area contributed by atoms with Crippen molar-refractivity contribution < 1.29 is 4.39 Å². The number of nitrogens with zero attached hydrogens (tertiary/aromatic N) is 2. The summed E-state index contributed by atoms with van der Waals surface area (Å²) in [5.74, 6) is 0.541. The standard InChI is InChI=1S/C14H9Cl2FN2/c15-8-14-18-11-6-5-9(17)7-13(11)19(14)12-4-2-1-3-10(12)16/h1-7H,8H2. The quantitative estimate of drug-likeness (QED) is 0.634. The molecule has 19 heavy (non-hydrogen) atoms. The van der Waals surface area contributed by atoms with Gasteiger partial charge < -0.3 is 0 Å². The smallest absolute Gasteiger partial charge is 0.129 e. The van der Waals surface area contributed by atoms with Gasteiger partial charge in [0.05, 0.1) is 27.6 Å². The Hall–Kier alpha value is -1.58. The maximum atomic E-state index is 13.4. The summed E-state index contributed by atoms with van der Waals surface area (Å²) >= 11 is 12.1. The molecular weight excluding hydrogens is 286 g/mol. The second-order valence-corrected chi connectivity index (χ2v) is 4.76. The molecule has 1 aromatic heterocycles. The maximum Gasteiger partial charge on any atom is 0.129 e. The summed E-state index contributed by atoms with van der Waals surface area (Å²) in [6.07, 6.45) is 0. The number of para-hydroxylation sites is 1. The Morgan fingerprint density at radius 1 is 1.16 bits per heavy atom. The van der Waals surface area contributed by atoms with Gasteiger partial charge in [0, 0.05) is 6.07 Å². The first-order valence-electron chi connectivity index (χ1n) is 5.68. The Kier molecular flexibility index (Phi) is 3.17. The number of hydrogen-bond donors (Lipinski definition) is 0. The lowest BCUT2D eigenvalue weighted by Gasteiger charge is -2.09. The fraction of sp³-hybridized carbons (Fsp3) is 0.0714. The lowest BCUT2D eigenvalue weighted by atomic mass is 10.2. The predicted molar refractivity (Wildman–Crippen MR) is 75.6 cm³/mol. The van der Waals surface area contributed by atoms with Crippen LogP contribution in [0.2, 0.25) is 5.02 Å². The summed E-state index contributed by atoms with van der Waals surface area (Å²) in [5, 5.41) is 0.567. The number of benzene rings is 2. The minimum absolute atomic E-state index is 0.224. The predicted octanol–water partition coefficient (Wildman–Crippen LogP) is 4.56. The molecule has 0 radical (unpaired) electrons. The molecule has 0 aliphatic heterocycles. The van der Waals surface area contributed by atoms with Gasteiger partial charge in [-0.3, -0.25) is 4.57 Å². The molecule has 0 bridgehead atoms. The van der Waals surface area contributed by atoms with Crippen LogP contribution in [0.3, 0.4) is 0 Å². The summed E-state index contributed by atoms with van der Waals surface area (Å²) in [6, 6.07) is 11.8. The second-order valence-electron chi connectivity index (χ2n) is 4.08. The molecule has 0 atom stereocenters. The van der Waals surface area contributed by atoms with E-state index in [4.69, 9.17) is 23.2 Å². The van der Waals surface area contributed by atoms with Crippen molar-refractivity contribution in [2.45, 2.75) is 5.88 Å². The van der Waals surface area contributed by atoms with Crippen molar-refractivity contribution in [3.05, 3.63) is 59.1 Å². The van der Waals surface area contributed by atoms with Crippen molar-refractivity contribution in [2.24, 2.45) is 0 Å². The van der Waals surface area contributed by atoms with Gasteiger partial charge in [-0.1, -0.05) is 23.7 Å². The molecule has 2 aromatic carbocycles. The highest BCUT2D eigenvalue weighted by Gasteiger charge is 2.14. The van der Waals surface area contributed by atoms with Gasteiger partial charge in [-0.2, -0.15) is 0 Å². The third-order valence-electron chi connectivity index (χ3n) is 2.90. The van der Waals surface area contributed by atoms with Crippen LogP contribution in [0.1, 0.15) is 5.82 Å². The van der Waals surface area contributed by atoms with Gasteiger partial charge in [0.25, 0.3) is 0 Å². The summed E-state index contributed by atoms with van der Waals surface area (Å²) in [7, 11) is 0. The molecule has 3 aromatic rings. The van der Waals surface area contributed by atoms with Gasteiger partial charge in [-0.05, 0) is 24.3 Å². The molecule has 3 rings (SSSR count). The molecule has 0 saturated heterocycles. The number of fused-ring (bicyclic) bond motifs is 1. The SMILES string of the molecule is Fc1ccc2nc(CCl)n(-c3ccccc3Cl)c2c1. The van der Waals surface area contributed by atoms with Crippen molar-refractivity contribution in [2.75, 3.05) is 0 Å². The lowest BCUT2D eigenvalue weighted by Crippen LogP contribution is -2.00. The molecule has 0 N–H and O–H groups in total. The number of aromatic nitrogens is 2. The average molecular weight is 295 g/mol. The molecule has 1 heterocycles. The molecule has 0 aliphatic carbocycles. The monoisotopic (exact) mass is 294 g/mol. The van der Waals surface area contributed by atoms with Crippen LogP contribution in [0.25, 0.3) is 16.7 Å². The number of halogens is 3. The van der Waals surface area contributed by atoms with Crippen molar-refractivity contribution in [3.8, 4) is 5.69 Å². The minimum atomic E-state index is -0.318. The number of alkyl halides is 1. The van der Waals surface area contributed by atoms with Crippen molar-refractivity contribution in [3.63, 3.8) is 0 Å². The van der Waals surface area contributed by atoms with E-state index in [-0.39, 0.29) is 11.7 Å². The van der Waals surface area contributed by atoms with E-state index in [1.165, 1.54) is 12.1 Å². The highest BCUT2D eigenvalue weighted by atomic mass is 35.5. The summed E-state index contributed by atoms with van der Waals surface area (Å²) in [6.45, 7) is 0. The number of rotatable bonds is 2. The van der Waals surface area contributed by atoms with Gasteiger partial charge in [0.2, 0.25) is 0 Å². The van der Waals surface area contributed by atoms with Crippen LogP contribution in [0.5, 0.6) is 0 Å². The van der Waals surface area contributed by atoms with Gasteiger partial charge >= 0.3 is 0 Å². The minimum Gasteiger partial charge on any atom is -0.294 e. The third kappa shape index (κ3) is 2.09. The summed E-state index contributed by atoms with van der Waals surface area (Å²) < 4.78 is 15.2. The van der Waals surface area contributed by atoms with Crippen LogP contribution in [0.15, 0.2) is 42.5 Å². The zero-order valence-electron chi connectivity index (χ0n) is 9.78. The summed E-state index contributed by atoms with van der Waals surface area (Å²) in [5.41, 5.74) is 2.09. The van der Waals surface area contributed by atoms with Crippen LogP contribution in [-0.4, -0.2) is 9.55 Å². The highest BCUT2D eigenvalue weighted by Crippen LogP contribution is 2.27. The Labute approximate surface area is 119 Å². The van der Waals surface area contributed by atoms with E-state index < -0.39 is 0 Å². The Morgan fingerprint density at radius 3 is 2.68 bits per heavy atom. The van der Waals surface area contributed by atoms with E-state index in [1.54, 1.807) is 16.7 Å². The molecule has 0 aliphatic rings. The van der Waals surface area contributed by atoms with Gasteiger partial charge in [-0.25, -0.2) is 9.37 Å². The van der Waals surface area contributed by atoms with E-state index in [0.29, 0.717) is 21.9 Å². The first-order valence-corrected chi connectivity index (χ1v) is 6.59. The Bertz CT molecular complexity index is 752. The van der Waals surface area contributed by atoms with Crippen LogP contribution in [0.4, 0.5) is 4.39 Å². The van der Waals surface area contributed by atoms with Crippen LogP contribution >= 0.6 is 23.2 Å². The maximum absolute atomic E-state index is 13.4. The zero-order valence-corrected chi connectivity index (χ0v) is 11.3. The fourth-order valence-corrected chi connectivity index (χ4v) is 2.49. The van der Waals surface area contributed by atoms with Crippen molar-refractivity contribution >= 4 is 34.2 Å². The number of imidazole rings is 1. The molecule has 0 saturated carbocycles. The molecular formula is C14H9Cl2FN2. The molecule has 96 valence electrons. The molecule has 0 amide bonds. The molecule has 0 fully saturated rings. The Morgan fingerprint density at radius 2 is 1.95 bits per heavy atom. The fourth-order valence-electron chi connectivity index (χ4n) is 2.09. The van der Waals surface area contributed by atoms with Crippen LogP contribution in [0, 0.1) is 5.82 Å². The third-order valence-corrected chi connectivity index (χ3v) is 3.46. The largest absolute Gasteiger partial charge is 0.294 e.